The van der Waals surface area contributed by atoms with Crippen LogP contribution in [0.4, 0.5) is 5.69 Å². The summed E-state index contributed by atoms with van der Waals surface area (Å²) < 4.78 is 0. The van der Waals surface area contributed by atoms with Gasteiger partial charge < -0.3 is 15.7 Å². The summed E-state index contributed by atoms with van der Waals surface area (Å²) in [5.41, 5.74) is 3.53. The number of phenols is 1. The van der Waals surface area contributed by atoms with Crippen molar-refractivity contribution in [2.45, 2.75) is 19.9 Å². The first-order valence-electron chi connectivity index (χ1n) is 6.91. The Morgan fingerprint density at radius 1 is 1.10 bits per heavy atom. The molecule has 4 heteroatoms. The van der Waals surface area contributed by atoms with E-state index in [9.17, 15) is 9.90 Å². The van der Waals surface area contributed by atoms with Crippen LogP contribution >= 0.6 is 0 Å². The Labute approximate surface area is 124 Å². The Balaban J connectivity index is 2.13. The van der Waals surface area contributed by atoms with Gasteiger partial charge in [0.2, 0.25) is 5.91 Å². The summed E-state index contributed by atoms with van der Waals surface area (Å²) in [6.07, 6.45) is 0.333. The van der Waals surface area contributed by atoms with Crippen molar-refractivity contribution in [3.05, 3.63) is 59.2 Å². The molecule has 0 heterocycles. The first-order chi connectivity index (χ1) is 10.1. The Morgan fingerprint density at radius 3 is 2.57 bits per heavy atom. The first kappa shape index (κ1) is 14.9. The predicted octanol–water partition coefficient (Wildman–Crippen LogP) is 2.60. The minimum atomic E-state index is -0.0253. The fourth-order valence-corrected chi connectivity index (χ4v) is 2.16. The van der Waals surface area contributed by atoms with Crippen molar-refractivity contribution in [2.24, 2.45) is 0 Å². The molecule has 0 saturated heterocycles. The summed E-state index contributed by atoms with van der Waals surface area (Å²) in [7, 11) is 1.63. The highest BCUT2D eigenvalue weighted by Gasteiger charge is 2.08. The molecule has 4 nitrogen and oxygen atoms in total. The highest BCUT2D eigenvalue weighted by Crippen LogP contribution is 2.23. The van der Waals surface area contributed by atoms with Crippen molar-refractivity contribution in [1.82, 2.24) is 5.32 Å². The van der Waals surface area contributed by atoms with Crippen molar-refractivity contribution >= 4 is 11.6 Å². The number of anilines is 1. The van der Waals surface area contributed by atoms with Crippen LogP contribution in [-0.2, 0) is 17.8 Å². The second-order valence-corrected chi connectivity index (χ2v) is 4.94. The number of phenolic OH excluding ortho intramolecular Hbond substituents is 1. The summed E-state index contributed by atoms with van der Waals surface area (Å²) in [6, 6.07) is 13.4. The number of aryl methyl sites for hydroxylation is 1. The molecule has 0 spiro atoms. The van der Waals surface area contributed by atoms with Crippen LogP contribution in [0.1, 0.15) is 16.7 Å². The van der Waals surface area contributed by atoms with Crippen LogP contribution in [0.15, 0.2) is 42.5 Å². The zero-order valence-electron chi connectivity index (χ0n) is 12.3. The molecule has 0 fully saturated rings. The molecule has 0 bridgehead atoms. The van der Waals surface area contributed by atoms with Gasteiger partial charge in [-0.1, -0.05) is 36.4 Å². The molecule has 0 aliphatic carbocycles. The van der Waals surface area contributed by atoms with Gasteiger partial charge in [-0.15, -0.1) is 0 Å². The molecule has 0 saturated carbocycles. The van der Waals surface area contributed by atoms with Gasteiger partial charge in [-0.05, 0) is 24.1 Å². The van der Waals surface area contributed by atoms with Crippen LogP contribution in [0, 0.1) is 6.92 Å². The normalized spacial score (nSPS) is 10.2. The summed E-state index contributed by atoms with van der Waals surface area (Å²) in [5.74, 6) is 0.288. The largest absolute Gasteiger partial charge is 0.507 e. The number of likely N-dealkylation sites (N-methyl/N-ethyl adjacent to an activating group) is 1. The van der Waals surface area contributed by atoms with E-state index in [1.165, 1.54) is 0 Å². The molecule has 3 N–H and O–H groups in total. The van der Waals surface area contributed by atoms with E-state index in [2.05, 4.69) is 10.6 Å². The van der Waals surface area contributed by atoms with E-state index in [1.54, 1.807) is 7.05 Å². The number of amides is 1. The quantitative estimate of drug-likeness (QED) is 0.791. The highest BCUT2D eigenvalue weighted by atomic mass is 16.3. The molecule has 2 aromatic carbocycles. The fraction of sp³-hybridized carbons (Fsp3) is 0.235. The smallest absolute Gasteiger partial charge is 0.224 e. The Kier molecular flexibility index (Phi) is 4.82. The monoisotopic (exact) mass is 284 g/mol. The van der Waals surface area contributed by atoms with Crippen LogP contribution in [-0.4, -0.2) is 18.1 Å². The van der Waals surface area contributed by atoms with Gasteiger partial charge in [-0.2, -0.15) is 0 Å². The van der Waals surface area contributed by atoms with Gasteiger partial charge in [0, 0.05) is 24.8 Å². The van der Waals surface area contributed by atoms with Crippen molar-refractivity contribution < 1.29 is 9.90 Å². The van der Waals surface area contributed by atoms with Crippen LogP contribution in [0.3, 0.4) is 0 Å². The molecule has 0 aliphatic rings. The average molecular weight is 284 g/mol. The van der Waals surface area contributed by atoms with E-state index < -0.39 is 0 Å². The predicted molar refractivity (Wildman–Crippen MR) is 84.4 cm³/mol. The minimum absolute atomic E-state index is 0.0253. The maximum atomic E-state index is 11.5. The van der Waals surface area contributed by atoms with E-state index in [-0.39, 0.29) is 5.91 Å². The second kappa shape index (κ2) is 6.79. The maximum absolute atomic E-state index is 11.5. The number of carbonyl (C=O) groups excluding carboxylic acids is 1. The molecular weight excluding hydrogens is 264 g/mol. The molecule has 0 atom stereocenters. The number of nitrogens with one attached hydrogen (secondary N) is 2. The number of rotatable bonds is 5. The molecule has 0 aromatic heterocycles. The lowest BCUT2D eigenvalue weighted by molar-refractivity contribution is -0.119. The lowest BCUT2D eigenvalue weighted by atomic mass is 10.1. The number of hydrogen-bond acceptors (Lipinski definition) is 3. The molecule has 1 amide bonds. The molecule has 2 aromatic rings. The summed E-state index contributed by atoms with van der Waals surface area (Å²) in [4.78, 5) is 11.5. The van der Waals surface area contributed by atoms with Gasteiger partial charge in [-0.25, -0.2) is 0 Å². The molecular formula is C17H20N2O2. The van der Waals surface area contributed by atoms with Gasteiger partial charge >= 0.3 is 0 Å². The van der Waals surface area contributed by atoms with Crippen molar-refractivity contribution in [2.75, 3.05) is 12.4 Å². The second-order valence-electron chi connectivity index (χ2n) is 4.94. The Hall–Kier alpha value is -2.49. The molecule has 0 aliphatic heterocycles. The number of hydrogen-bond donors (Lipinski definition) is 3. The lowest BCUT2D eigenvalue weighted by Crippen LogP contribution is -2.20. The molecule has 110 valence electrons. The van der Waals surface area contributed by atoms with Gasteiger partial charge in [0.15, 0.2) is 0 Å². The molecule has 2 rings (SSSR count). The summed E-state index contributed by atoms with van der Waals surface area (Å²) >= 11 is 0. The molecule has 0 radical (unpaired) electrons. The van der Waals surface area contributed by atoms with E-state index in [4.69, 9.17) is 0 Å². The number of para-hydroxylation sites is 2. The average Bonchev–Trinajstić information content (AvgIpc) is 2.50. The van der Waals surface area contributed by atoms with Gasteiger partial charge in [-0.3, -0.25) is 4.79 Å². The number of aromatic hydroxyl groups is 1. The van der Waals surface area contributed by atoms with E-state index in [0.29, 0.717) is 18.7 Å². The summed E-state index contributed by atoms with van der Waals surface area (Å²) in [5, 5.41) is 15.9. The van der Waals surface area contributed by atoms with E-state index in [0.717, 1.165) is 22.4 Å². The Bertz CT molecular complexity index is 638. The van der Waals surface area contributed by atoms with Crippen LogP contribution in [0.2, 0.25) is 0 Å². The van der Waals surface area contributed by atoms with Crippen LogP contribution in [0.25, 0.3) is 0 Å². The van der Waals surface area contributed by atoms with Crippen molar-refractivity contribution in [3.8, 4) is 5.75 Å². The van der Waals surface area contributed by atoms with Gasteiger partial charge in [0.1, 0.15) is 5.75 Å². The van der Waals surface area contributed by atoms with Crippen molar-refractivity contribution in [3.63, 3.8) is 0 Å². The highest BCUT2D eigenvalue weighted by molar-refractivity contribution is 5.80. The van der Waals surface area contributed by atoms with Crippen LogP contribution < -0.4 is 10.6 Å². The SMILES string of the molecule is CNC(=O)Cc1ccccc1NCc1cccc(C)c1O. The van der Waals surface area contributed by atoms with Gasteiger partial charge in [0.25, 0.3) is 0 Å². The zero-order chi connectivity index (χ0) is 15.2. The molecule has 21 heavy (non-hydrogen) atoms. The van der Waals surface area contributed by atoms with E-state index in [1.807, 2.05) is 49.4 Å². The summed E-state index contributed by atoms with van der Waals surface area (Å²) in [6.45, 7) is 2.39. The number of benzene rings is 2. The molecule has 0 unspecified atom stereocenters. The van der Waals surface area contributed by atoms with Crippen molar-refractivity contribution in [1.29, 1.82) is 0 Å². The first-order valence-corrected chi connectivity index (χ1v) is 6.91. The van der Waals surface area contributed by atoms with E-state index >= 15 is 0 Å². The Morgan fingerprint density at radius 2 is 1.81 bits per heavy atom. The zero-order valence-corrected chi connectivity index (χ0v) is 12.3. The van der Waals surface area contributed by atoms with Crippen LogP contribution in [0.5, 0.6) is 5.75 Å². The third kappa shape index (κ3) is 3.75. The third-order valence-corrected chi connectivity index (χ3v) is 3.44. The fourth-order valence-electron chi connectivity index (χ4n) is 2.16. The third-order valence-electron chi connectivity index (χ3n) is 3.44. The number of carbonyl (C=O) groups is 1. The van der Waals surface area contributed by atoms with Gasteiger partial charge in [0.05, 0.1) is 6.42 Å². The standard InChI is InChI=1S/C17H20N2O2/c1-12-6-5-8-14(17(12)21)11-19-15-9-4-3-7-13(15)10-16(20)18-2/h3-9,19,21H,10-11H2,1-2H3,(H,18,20). The maximum Gasteiger partial charge on any atom is 0.224 e. The lowest BCUT2D eigenvalue weighted by Gasteiger charge is -2.13. The minimum Gasteiger partial charge on any atom is -0.507 e. The topological polar surface area (TPSA) is 61.4 Å².